The van der Waals surface area contributed by atoms with E-state index in [9.17, 15) is 18.0 Å². The molecule has 11 heteroatoms. The van der Waals surface area contributed by atoms with Crippen molar-refractivity contribution >= 4 is 45.4 Å². The molecule has 0 bridgehead atoms. The molecule has 0 aliphatic rings. The Balaban J connectivity index is 1.68. The number of hydrogen-bond acceptors (Lipinski definition) is 7. The van der Waals surface area contributed by atoms with Crippen LogP contribution in [0, 0.1) is 13.8 Å². The maximum absolute atomic E-state index is 13.5. The minimum absolute atomic E-state index is 0.0535. The zero-order valence-electron chi connectivity index (χ0n) is 23.0. The Kier molecular flexibility index (Phi) is 9.94. The molecule has 0 aromatic heterocycles. The third-order valence-corrected chi connectivity index (χ3v) is 7.39. The molecule has 40 heavy (non-hydrogen) atoms. The zero-order chi connectivity index (χ0) is 29.5. The third kappa shape index (κ3) is 8.82. The van der Waals surface area contributed by atoms with Crippen LogP contribution in [0.25, 0.3) is 0 Å². The smallest absolute Gasteiger partial charge is 0.344 e. The molecule has 0 spiro atoms. The van der Waals surface area contributed by atoms with Crippen LogP contribution < -0.4 is 14.5 Å². The van der Waals surface area contributed by atoms with E-state index in [1.807, 2.05) is 6.92 Å². The highest BCUT2D eigenvalue weighted by Crippen LogP contribution is 2.29. The van der Waals surface area contributed by atoms with Gasteiger partial charge in [-0.3, -0.25) is 9.10 Å². The Morgan fingerprint density at radius 3 is 2.25 bits per heavy atom. The minimum atomic E-state index is -4.07. The number of carbonyl (C=O) groups is 2. The van der Waals surface area contributed by atoms with E-state index in [2.05, 4.69) is 10.5 Å². The second-order valence-corrected chi connectivity index (χ2v) is 12.3. The third-order valence-electron chi connectivity index (χ3n) is 5.38. The lowest BCUT2D eigenvalue weighted by Gasteiger charge is -2.25. The maximum atomic E-state index is 13.5. The van der Waals surface area contributed by atoms with E-state index in [-0.39, 0.29) is 11.5 Å². The van der Waals surface area contributed by atoms with Crippen molar-refractivity contribution in [1.29, 1.82) is 0 Å². The van der Waals surface area contributed by atoms with Gasteiger partial charge in [0.05, 0.1) is 16.8 Å². The van der Waals surface area contributed by atoms with E-state index >= 15 is 0 Å². The fraction of sp³-hybridized carbons (Fsp3) is 0.276. The van der Waals surface area contributed by atoms with Crippen molar-refractivity contribution in [2.24, 2.45) is 5.10 Å². The van der Waals surface area contributed by atoms with Crippen LogP contribution in [0.2, 0.25) is 5.02 Å². The molecular weight excluding hydrogens is 554 g/mol. The van der Waals surface area contributed by atoms with Gasteiger partial charge in [0.1, 0.15) is 17.9 Å². The van der Waals surface area contributed by atoms with Gasteiger partial charge in [-0.1, -0.05) is 29.3 Å². The second-order valence-electron chi connectivity index (χ2n) is 9.99. The van der Waals surface area contributed by atoms with Gasteiger partial charge in [0.25, 0.3) is 15.9 Å². The van der Waals surface area contributed by atoms with Crippen molar-refractivity contribution in [3.8, 4) is 5.75 Å². The Morgan fingerprint density at radius 2 is 1.65 bits per heavy atom. The topological polar surface area (TPSA) is 114 Å². The molecule has 0 saturated carbocycles. The Bertz CT molecular complexity index is 1480. The van der Waals surface area contributed by atoms with Gasteiger partial charge in [-0.2, -0.15) is 5.10 Å². The minimum Gasteiger partial charge on any atom is -0.482 e. The van der Waals surface area contributed by atoms with Gasteiger partial charge in [-0.25, -0.2) is 18.6 Å². The van der Waals surface area contributed by atoms with Crippen molar-refractivity contribution in [2.75, 3.05) is 17.5 Å². The highest BCUT2D eigenvalue weighted by atomic mass is 35.5. The molecule has 3 rings (SSSR count). The van der Waals surface area contributed by atoms with Gasteiger partial charge < -0.3 is 9.47 Å². The molecule has 0 heterocycles. The average Bonchev–Trinajstić information content (AvgIpc) is 2.86. The summed E-state index contributed by atoms with van der Waals surface area (Å²) in [6, 6.07) is 17.8. The number of carbonyl (C=O) groups excluding carboxylic acids is 2. The highest BCUT2D eigenvalue weighted by Gasteiger charge is 2.28. The lowest BCUT2D eigenvalue weighted by Crippen LogP contribution is -2.40. The summed E-state index contributed by atoms with van der Waals surface area (Å²) >= 11 is 6.07. The summed E-state index contributed by atoms with van der Waals surface area (Å²) in [4.78, 5) is 24.7. The molecule has 0 fully saturated rings. The summed E-state index contributed by atoms with van der Waals surface area (Å²) in [5.74, 6) is -0.658. The van der Waals surface area contributed by atoms with Crippen LogP contribution in [0.5, 0.6) is 5.75 Å². The fourth-order valence-electron chi connectivity index (χ4n) is 3.54. The molecule has 3 aromatic rings. The summed E-state index contributed by atoms with van der Waals surface area (Å²) in [6.45, 7) is 8.16. The number of halogens is 1. The van der Waals surface area contributed by atoms with Crippen LogP contribution in [0.3, 0.4) is 0 Å². The number of ether oxygens (including phenoxy) is 2. The van der Waals surface area contributed by atoms with Crippen molar-refractivity contribution < 1.29 is 27.5 Å². The van der Waals surface area contributed by atoms with Crippen LogP contribution in [0.1, 0.15) is 37.5 Å². The average molecular weight is 586 g/mol. The molecule has 1 amide bonds. The molecule has 0 radical (unpaired) electrons. The van der Waals surface area contributed by atoms with Crippen LogP contribution >= 0.6 is 11.6 Å². The van der Waals surface area contributed by atoms with Crippen LogP contribution in [0.15, 0.2) is 76.7 Å². The maximum Gasteiger partial charge on any atom is 0.344 e. The van der Waals surface area contributed by atoms with Crippen LogP contribution in [0.4, 0.5) is 5.69 Å². The predicted octanol–water partition coefficient (Wildman–Crippen LogP) is 5.02. The number of anilines is 1. The molecule has 0 aliphatic heterocycles. The second kappa shape index (κ2) is 13.0. The number of rotatable bonds is 10. The number of nitrogens with one attached hydrogen (secondary N) is 1. The number of sulfonamides is 1. The van der Waals surface area contributed by atoms with E-state index in [0.29, 0.717) is 27.6 Å². The first-order valence-electron chi connectivity index (χ1n) is 12.4. The molecule has 1 N–H and O–H groups in total. The van der Waals surface area contributed by atoms with Gasteiger partial charge in [-0.05, 0) is 100 Å². The van der Waals surface area contributed by atoms with Gasteiger partial charge in [0.15, 0.2) is 6.61 Å². The molecule has 3 aromatic carbocycles. The summed E-state index contributed by atoms with van der Waals surface area (Å²) in [5, 5.41) is 4.40. The van der Waals surface area contributed by atoms with Gasteiger partial charge in [0.2, 0.25) is 0 Å². The molecule has 0 aliphatic carbocycles. The first-order valence-corrected chi connectivity index (χ1v) is 14.2. The standard InChI is InChI=1S/C29H32ClN3O6S/c1-20-6-13-25(14-7-20)40(36,37)33(26-15-10-23(30)16-21(26)2)18-27(34)32-31-17-22-8-11-24(12-9-22)38-19-28(35)39-29(3,4)5/h6-17H,18-19H2,1-5H3,(H,32,34)/b31-17-. The fourth-order valence-corrected chi connectivity index (χ4v) is 5.26. The summed E-state index contributed by atoms with van der Waals surface area (Å²) in [5.41, 5.74) is 4.24. The number of hydrazone groups is 1. The molecule has 212 valence electrons. The summed E-state index contributed by atoms with van der Waals surface area (Å²) < 4.78 is 38.7. The monoisotopic (exact) mass is 585 g/mol. The van der Waals surface area contributed by atoms with E-state index in [1.54, 1.807) is 82.3 Å². The largest absolute Gasteiger partial charge is 0.482 e. The molecular formula is C29H32ClN3O6S. The first kappa shape index (κ1) is 30.6. The molecule has 0 unspecified atom stereocenters. The van der Waals surface area contributed by atoms with E-state index in [0.717, 1.165) is 9.87 Å². The predicted molar refractivity (Wildman–Crippen MR) is 155 cm³/mol. The van der Waals surface area contributed by atoms with E-state index in [4.69, 9.17) is 21.1 Å². The molecule has 0 atom stereocenters. The quantitative estimate of drug-likeness (QED) is 0.203. The summed E-state index contributed by atoms with van der Waals surface area (Å²) in [7, 11) is -4.07. The number of benzene rings is 3. The summed E-state index contributed by atoms with van der Waals surface area (Å²) in [6.07, 6.45) is 1.40. The normalized spacial score (nSPS) is 11.8. The van der Waals surface area contributed by atoms with Crippen LogP contribution in [-0.4, -0.2) is 45.3 Å². The van der Waals surface area contributed by atoms with Gasteiger partial charge in [0, 0.05) is 5.02 Å². The number of hydrogen-bond donors (Lipinski definition) is 1. The Hall–Kier alpha value is -3.89. The number of esters is 1. The Labute approximate surface area is 239 Å². The SMILES string of the molecule is Cc1ccc(S(=O)(=O)N(CC(=O)N/N=C\c2ccc(OCC(=O)OC(C)(C)C)cc2)c2ccc(Cl)cc2C)cc1. The van der Waals surface area contributed by atoms with E-state index in [1.165, 1.54) is 18.3 Å². The van der Waals surface area contributed by atoms with Crippen molar-refractivity contribution in [1.82, 2.24) is 5.43 Å². The number of nitrogens with zero attached hydrogens (tertiary/aromatic N) is 2. The highest BCUT2D eigenvalue weighted by molar-refractivity contribution is 7.92. The van der Waals surface area contributed by atoms with Crippen molar-refractivity contribution in [2.45, 2.75) is 45.1 Å². The van der Waals surface area contributed by atoms with Crippen molar-refractivity contribution in [3.63, 3.8) is 0 Å². The molecule has 9 nitrogen and oxygen atoms in total. The van der Waals surface area contributed by atoms with Gasteiger partial charge >= 0.3 is 5.97 Å². The van der Waals surface area contributed by atoms with Crippen molar-refractivity contribution in [3.05, 3.63) is 88.4 Å². The lowest BCUT2D eigenvalue weighted by atomic mass is 10.2. The lowest BCUT2D eigenvalue weighted by molar-refractivity contribution is -0.157. The Morgan fingerprint density at radius 1 is 1.00 bits per heavy atom. The zero-order valence-corrected chi connectivity index (χ0v) is 24.5. The number of aryl methyl sites for hydroxylation is 2. The van der Waals surface area contributed by atoms with Gasteiger partial charge in [-0.15, -0.1) is 0 Å². The van der Waals surface area contributed by atoms with Crippen LogP contribution in [-0.2, 0) is 24.3 Å². The number of amides is 1. The first-order chi connectivity index (χ1) is 18.7. The molecule has 0 saturated heterocycles. The van der Waals surface area contributed by atoms with E-state index < -0.39 is 34.0 Å².